The van der Waals surface area contributed by atoms with E-state index in [1.54, 1.807) is 0 Å². The third kappa shape index (κ3) is 8.65. The first-order valence-corrected chi connectivity index (χ1v) is 10.5. The molecule has 0 fully saturated rings. The van der Waals surface area contributed by atoms with Gasteiger partial charge in [-0.1, -0.05) is 75.6 Å². The van der Waals surface area contributed by atoms with Crippen molar-refractivity contribution in [2.75, 3.05) is 0 Å². The van der Waals surface area contributed by atoms with Crippen LogP contribution in [0.2, 0.25) is 0 Å². The van der Waals surface area contributed by atoms with Gasteiger partial charge in [-0.2, -0.15) is 4.98 Å². The molecule has 6 heteroatoms. The lowest BCUT2D eigenvalue weighted by Gasteiger charge is -2.04. The second kappa shape index (κ2) is 13.0. The SMILES string of the molecule is CCCCCCCCCCCc1noc(-c2cccc(CNOC(C)=O)c2)n1. The highest BCUT2D eigenvalue weighted by atomic mass is 16.7. The quantitative estimate of drug-likeness (QED) is 0.346. The van der Waals surface area contributed by atoms with Crippen molar-refractivity contribution in [1.82, 2.24) is 15.6 Å². The first kappa shape index (κ1) is 22.1. The third-order valence-corrected chi connectivity index (χ3v) is 4.64. The maximum atomic E-state index is 10.8. The van der Waals surface area contributed by atoms with Crippen LogP contribution in [0.25, 0.3) is 11.5 Å². The van der Waals surface area contributed by atoms with Crippen LogP contribution in [-0.2, 0) is 22.6 Å². The van der Waals surface area contributed by atoms with Gasteiger partial charge in [-0.3, -0.25) is 4.79 Å². The molecule has 1 aromatic heterocycles. The Morgan fingerprint density at radius 1 is 1.07 bits per heavy atom. The van der Waals surface area contributed by atoms with Crippen LogP contribution in [0.4, 0.5) is 0 Å². The largest absolute Gasteiger partial charge is 0.371 e. The molecule has 0 aliphatic rings. The first-order chi connectivity index (χ1) is 13.7. The summed E-state index contributed by atoms with van der Waals surface area (Å²) in [5.74, 6) is 0.927. The number of aryl methyl sites for hydroxylation is 1. The molecule has 0 radical (unpaired) electrons. The number of hydroxylamine groups is 1. The Hall–Kier alpha value is -2.21. The van der Waals surface area contributed by atoms with Crippen LogP contribution in [0.5, 0.6) is 0 Å². The molecule has 6 nitrogen and oxygen atoms in total. The summed E-state index contributed by atoms with van der Waals surface area (Å²) >= 11 is 0. The summed E-state index contributed by atoms with van der Waals surface area (Å²) in [6.07, 6.45) is 12.6. The number of nitrogens with one attached hydrogen (secondary N) is 1. The molecule has 154 valence electrons. The molecule has 0 aliphatic heterocycles. The van der Waals surface area contributed by atoms with Crippen molar-refractivity contribution in [3.05, 3.63) is 35.7 Å². The first-order valence-electron chi connectivity index (χ1n) is 10.5. The summed E-state index contributed by atoms with van der Waals surface area (Å²) in [6.45, 7) is 4.03. The van der Waals surface area contributed by atoms with Crippen molar-refractivity contribution in [1.29, 1.82) is 0 Å². The molecule has 0 saturated carbocycles. The molecule has 0 saturated heterocycles. The van der Waals surface area contributed by atoms with Crippen LogP contribution in [-0.4, -0.2) is 16.1 Å². The average Bonchev–Trinajstić information content (AvgIpc) is 3.16. The van der Waals surface area contributed by atoms with Gasteiger partial charge in [0.05, 0.1) is 6.54 Å². The van der Waals surface area contributed by atoms with E-state index in [9.17, 15) is 4.79 Å². The number of benzene rings is 1. The Labute approximate surface area is 168 Å². The zero-order chi connectivity index (χ0) is 20.0. The Balaban J connectivity index is 1.69. The van der Waals surface area contributed by atoms with Gasteiger partial charge in [0, 0.05) is 18.9 Å². The van der Waals surface area contributed by atoms with E-state index in [2.05, 4.69) is 22.5 Å². The maximum Gasteiger partial charge on any atom is 0.321 e. The molecule has 2 aromatic rings. The lowest BCUT2D eigenvalue weighted by atomic mass is 10.1. The normalized spacial score (nSPS) is 10.9. The molecule has 0 atom stereocenters. The fourth-order valence-electron chi connectivity index (χ4n) is 3.10. The van der Waals surface area contributed by atoms with E-state index >= 15 is 0 Å². The van der Waals surface area contributed by atoms with Crippen molar-refractivity contribution in [2.24, 2.45) is 0 Å². The number of hydrogen-bond acceptors (Lipinski definition) is 6. The topological polar surface area (TPSA) is 77.3 Å². The second-order valence-corrected chi connectivity index (χ2v) is 7.21. The summed E-state index contributed by atoms with van der Waals surface area (Å²) in [6, 6.07) is 7.75. The number of carbonyl (C=O) groups excluding carboxylic acids is 1. The van der Waals surface area contributed by atoms with Crippen LogP contribution in [0.15, 0.2) is 28.8 Å². The molecular weight excluding hydrogens is 354 g/mol. The molecule has 1 aromatic carbocycles. The van der Waals surface area contributed by atoms with Gasteiger partial charge >= 0.3 is 5.97 Å². The van der Waals surface area contributed by atoms with Crippen molar-refractivity contribution < 1.29 is 14.2 Å². The number of rotatable bonds is 14. The van der Waals surface area contributed by atoms with Crippen molar-refractivity contribution in [3.63, 3.8) is 0 Å². The number of unbranched alkanes of at least 4 members (excludes halogenated alkanes) is 8. The van der Waals surface area contributed by atoms with E-state index in [4.69, 9.17) is 9.36 Å². The van der Waals surface area contributed by atoms with Gasteiger partial charge in [-0.05, 0) is 24.1 Å². The van der Waals surface area contributed by atoms with Crippen molar-refractivity contribution in [3.8, 4) is 11.5 Å². The molecule has 0 aliphatic carbocycles. The zero-order valence-electron chi connectivity index (χ0n) is 17.2. The highest BCUT2D eigenvalue weighted by Gasteiger charge is 2.09. The minimum Gasteiger partial charge on any atom is -0.371 e. The monoisotopic (exact) mass is 387 g/mol. The highest BCUT2D eigenvalue weighted by molar-refractivity contribution is 5.65. The third-order valence-electron chi connectivity index (χ3n) is 4.64. The van der Waals surface area contributed by atoms with E-state index < -0.39 is 0 Å². The van der Waals surface area contributed by atoms with Gasteiger partial charge < -0.3 is 9.36 Å². The number of hydrogen-bond donors (Lipinski definition) is 1. The minimum absolute atomic E-state index is 0.366. The number of carbonyl (C=O) groups is 1. The van der Waals surface area contributed by atoms with Gasteiger partial charge in [0.25, 0.3) is 5.89 Å². The van der Waals surface area contributed by atoms with E-state index in [-0.39, 0.29) is 5.97 Å². The fourth-order valence-corrected chi connectivity index (χ4v) is 3.10. The molecule has 28 heavy (non-hydrogen) atoms. The summed E-state index contributed by atoms with van der Waals surface area (Å²) in [4.78, 5) is 20.1. The summed E-state index contributed by atoms with van der Waals surface area (Å²) < 4.78 is 5.41. The Morgan fingerprint density at radius 3 is 2.50 bits per heavy atom. The Bertz CT molecular complexity index is 700. The molecule has 0 bridgehead atoms. The predicted octanol–water partition coefficient (Wildman–Crippen LogP) is 5.38. The van der Waals surface area contributed by atoms with E-state index in [0.717, 1.165) is 29.8 Å². The van der Waals surface area contributed by atoms with Crippen LogP contribution in [0, 0.1) is 0 Å². The minimum atomic E-state index is -0.366. The van der Waals surface area contributed by atoms with Gasteiger partial charge in [-0.25, -0.2) is 0 Å². The lowest BCUT2D eigenvalue weighted by molar-refractivity contribution is -0.148. The summed E-state index contributed by atoms with van der Waals surface area (Å²) in [7, 11) is 0. The van der Waals surface area contributed by atoms with Crippen LogP contribution >= 0.6 is 0 Å². The second-order valence-electron chi connectivity index (χ2n) is 7.21. The molecule has 0 spiro atoms. The number of nitrogens with zero attached hydrogens (tertiary/aromatic N) is 2. The zero-order valence-corrected chi connectivity index (χ0v) is 17.2. The van der Waals surface area contributed by atoms with E-state index in [1.165, 1.54) is 58.3 Å². The van der Waals surface area contributed by atoms with Crippen LogP contribution in [0.3, 0.4) is 0 Å². The van der Waals surface area contributed by atoms with Gasteiger partial charge in [-0.15, -0.1) is 5.48 Å². The Kier molecular flexibility index (Phi) is 10.3. The van der Waals surface area contributed by atoms with Gasteiger partial charge in [0.1, 0.15) is 0 Å². The van der Waals surface area contributed by atoms with Crippen LogP contribution < -0.4 is 5.48 Å². The predicted molar refractivity (Wildman–Crippen MR) is 109 cm³/mol. The lowest BCUT2D eigenvalue weighted by Crippen LogP contribution is -2.17. The average molecular weight is 388 g/mol. The fraction of sp³-hybridized carbons (Fsp3) is 0.591. The molecule has 0 amide bonds. The molecule has 1 N–H and O–H groups in total. The van der Waals surface area contributed by atoms with E-state index in [0.29, 0.717) is 12.4 Å². The van der Waals surface area contributed by atoms with Crippen LogP contribution in [0.1, 0.15) is 83.0 Å². The van der Waals surface area contributed by atoms with Crippen molar-refractivity contribution >= 4 is 5.97 Å². The summed E-state index contributed by atoms with van der Waals surface area (Å²) in [5, 5.41) is 4.10. The Morgan fingerprint density at radius 2 is 1.79 bits per heavy atom. The van der Waals surface area contributed by atoms with Gasteiger partial charge in [0.2, 0.25) is 0 Å². The van der Waals surface area contributed by atoms with E-state index in [1.807, 2.05) is 24.3 Å². The van der Waals surface area contributed by atoms with Gasteiger partial charge in [0.15, 0.2) is 5.82 Å². The maximum absolute atomic E-state index is 10.8. The standard InChI is InChI=1S/C22H33N3O3/c1-3-4-5-6-7-8-9-10-11-15-21-24-22(28-25-21)20-14-12-13-19(16-20)17-23-27-18(2)26/h12-14,16,23H,3-11,15,17H2,1-2H3. The molecular formula is C22H33N3O3. The number of aromatic nitrogens is 2. The summed E-state index contributed by atoms with van der Waals surface area (Å²) in [5.41, 5.74) is 4.47. The van der Waals surface area contributed by atoms with Crippen molar-refractivity contribution in [2.45, 2.75) is 84.6 Å². The molecule has 0 unspecified atom stereocenters. The highest BCUT2D eigenvalue weighted by Crippen LogP contribution is 2.19. The molecule has 1 heterocycles. The molecule has 2 rings (SSSR count). The smallest absolute Gasteiger partial charge is 0.321 e.